The Bertz CT molecular complexity index is 598. The minimum atomic E-state index is 0.384. The first kappa shape index (κ1) is 10.7. The van der Waals surface area contributed by atoms with Crippen molar-refractivity contribution in [3.8, 4) is 23.8 Å². The molecule has 2 aromatic rings. The van der Waals surface area contributed by atoms with E-state index in [9.17, 15) is 0 Å². The van der Waals surface area contributed by atoms with Crippen LogP contribution in [0.15, 0.2) is 30.5 Å². The molecule has 0 atom stereocenters. The van der Waals surface area contributed by atoms with Gasteiger partial charge in [-0.3, -0.25) is 4.68 Å². The Morgan fingerprint density at radius 2 is 1.82 bits per heavy atom. The highest BCUT2D eigenvalue weighted by Gasteiger charge is 2.04. The highest BCUT2D eigenvalue weighted by molar-refractivity contribution is 5.46. The molecule has 0 amide bonds. The highest BCUT2D eigenvalue weighted by atomic mass is 16.5. The van der Waals surface area contributed by atoms with Gasteiger partial charge in [0.2, 0.25) is 5.88 Å². The van der Waals surface area contributed by atoms with Gasteiger partial charge < -0.3 is 4.74 Å². The fourth-order valence-corrected chi connectivity index (χ4v) is 1.36. The first-order chi connectivity index (χ1) is 8.21. The topological polar surface area (TPSA) is 74.6 Å². The average Bonchev–Trinajstić information content (AvgIpc) is 2.74. The Balaban J connectivity index is 2.33. The third-order valence-electron chi connectivity index (χ3n) is 2.08. The highest BCUT2D eigenvalue weighted by Crippen LogP contribution is 2.22. The summed E-state index contributed by atoms with van der Waals surface area (Å²) in [7, 11) is 1.78. The summed E-state index contributed by atoms with van der Waals surface area (Å²) in [5, 5.41) is 21.7. The van der Waals surface area contributed by atoms with E-state index in [0.717, 1.165) is 0 Å². The molecule has 1 aromatic heterocycles. The number of hydrogen-bond donors (Lipinski definition) is 0. The maximum Gasteiger partial charge on any atom is 0.238 e. The number of aryl methyl sites for hydroxylation is 1. The van der Waals surface area contributed by atoms with Gasteiger partial charge in [0, 0.05) is 19.3 Å². The van der Waals surface area contributed by atoms with Crippen LogP contribution >= 0.6 is 0 Å². The Morgan fingerprint density at radius 3 is 2.29 bits per heavy atom. The van der Waals surface area contributed by atoms with Gasteiger partial charge in [0.05, 0.1) is 23.3 Å². The third kappa shape index (κ3) is 2.42. The van der Waals surface area contributed by atoms with Crippen LogP contribution in [0.5, 0.6) is 11.6 Å². The lowest BCUT2D eigenvalue weighted by atomic mass is 10.1. The molecule has 1 heterocycles. The second kappa shape index (κ2) is 4.38. The summed E-state index contributed by atoms with van der Waals surface area (Å²) >= 11 is 0. The van der Waals surface area contributed by atoms with E-state index in [0.29, 0.717) is 22.8 Å². The molecule has 0 N–H and O–H groups in total. The van der Waals surface area contributed by atoms with E-state index in [1.165, 1.54) is 6.07 Å². The molecule has 0 aliphatic carbocycles. The van der Waals surface area contributed by atoms with E-state index in [4.69, 9.17) is 15.3 Å². The normalized spacial score (nSPS) is 9.35. The van der Waals surface area contributed by atoms with Crippen LogP contribution in [0.25, 0.3) is 0 Å². The quantitative estimate of drug-likeness (QED) is 0.781. The molecular weight excluding hydrogens is 216 g/mol. The van der Waals surface area contributed by atoms with E-state index >= 15 is 0 Å². The SMILES string of the molecule is Cn1ccc(Oc2cc(C#N)cc(C#N)c2)n1. The van der Waals surface area contributed by atoms with Crippen LogP contribution in [-0.4, -0.2) is 9.78 Å². The molecular formula is C12H8N4O. The molecule has 2 rings (SSSR count). The van der Waals surface area contributed by atoms with E-state index in [1.807, 2.05) is 12.1 Å². The Labute approximate surface area is 98.1 Å². The number of nitriles is 2. The predicted octanol–water partition coefficient (Wildman–Crippen LogP) is 1.96. The van der Waals surface area contributed by atoms with Crippen molar-refractivity contribution in [3.05, 3.63) is 41.6 Å². The van der Waals surface area contributed by atoms with Gasteiger partial charge in [-0.2, -0.15) is 10.5 Å². The zero-order chi connectivity index (χ0) is 12.3. The number of ether oxygens (including phenoxy) is 1. The van der Waals surface area contributed by atoms with Gasteiger partial charge in [-0.15, -0.1) is 5.10 Å². The largest absolute Gasteiger partial charge is 0.437 e. The second-order valence-corrected chi connectivity index (χ2v) is 3.40. The van der Waals surface area contributed by atoms with Crippen molar-refractivity contribution < 1.29 is 4.74 Å². The van der Waals surface area contributed by atoms with Crippen LogP contribution in [0.4, 0.5) is 0 Å². The lowest BCUT2D eigenvalue weighted by Crippen LogP contribution is -1.91. The number of hydrogen-bond acceptors (Lipinski definition) is 4. The van der Waals surface area contributed by atoms with E-state index < -0.39 is 0 Å². The van der Waals surface area contributed by atoms with Crippen molar-refractivity contribution in [2.75, 3.05) is 0 Å². The number of rotatable bonds is 2. The summed E-state index contributed by atoms with van der Waals surface area (Å²) in [5.41, 5.74) is 0.768. The second-order valence-electron chi connectivity index (χ2n) is 3.40. The summed E-state index contributed by atoms with van der Waals surface area (Å²) < 4.78 is 7.06. The Morgan fingerprint density at radius 1 is 1.18 bits per heavy atom. The van der Waals surface area contributed by atoms with Gasteiger partial charge in [0.25, 0.3) is 0 Å². The van der Waals surface area contributed by atoms with Crippen LogP contribution in [0, 0.1) is 22.7 Å². The van der Waals surface area contributed by atoms with Crippen LogP contribution < -0.4 is 4.74 Å². The molecule has 0 saturated heterocycles. The van der Waals surface area contributed by atoms with Crippen molar-refractivity contribution in [2.45, 2.75) is 0 Å². The lowest BCUT2D eigenvalue weighted by Gasteiger charge is -2.02. The summed E-state index contributed by atoms with van der Waals surface area (Å²) in [4.78, 5) is 0. The average molecular weight is 224 g/mol. The molecule has 17 heavy (non-hydrogen) atoms. The molecule has 5 nitrogen and oxygen atoms in total. The summed E-state index contributed by atoms with van der Waals surface area (Å²) in [6.45, 7) is 0. The van der Waals surface area contributed by atoms with Crippen LogP contribution in [0.3, 0.4) is 0 Å². The van der Waals surface area contributed by atoms with Gasteiger partial charge in [0.1, 0.15) is 5.75 Å². The molecule has 5 heteroatoms. The standard InChI is InChI=1S/C12H8N4O/c1-16-3-2-12(15-16)17-11-5-9(7-13)4-10(6-11)8-14/h2-6H,1H3. The lowest BCUT2D eigenvalue weighted by molar-refractivity contribution is 0.454. The van der Waals surface area contributed by atoms with Gasteiger partial charge in [-0.05, 0) is 18.2 Å². The fourth-order valence-electron chi connectivity index (χ4n) is 1.36. The first-order valence-corrected chi connectivity index (χ1v) is 4.84. The molecule has 0 spiro atoms. The maximum atomic E-state index is 8.82. The molecule has 82 valence electrons. The Hall–Kier alpha value is -2.79. The molecule has 1 aromatic carbocycles. The van der Waals surface area contributed by atoms with Crippen molar-refractivity contribution in [2.24, 2.45) is 7.05 Å². The van der Waals surface area contributed by atoms with Crippen molar-refractivity contribution in [3.63, 3.8) is 0 Å². The molecule has 0 bridgehead atoms. The molecule has 0 fully saturated rings. The molecule has 0 unspecified atom stereocenters. The van der Waals surface area contributed by atoms with Crippen molar-refractivity contribution in [1.29, 1.82) is 10.5 Å². The molecule has 0 aliphatic heterocycles. The smallest absolute Gasteiger partial charge is 0.238 e. The minimum absolute atomic E-state index is 0.384. The van der Waals surface area contributed by atoms with Gasteiger partial charge in [0.15, 0.2) is 0 Å². The summed E-state index contributed by atoms with van der Waals surface area (Å²) in [6, 6.07) is 10.3. The monoisotopic (exact) mass is 224 g/mol. The third-order valence-corrected chi connectivity index (χ3v) is 2.08. The number of benzene rings is 1. The van der Waals surface area contributed by atoms with Crippen molar-refractivity contribution in [1.82, 2.24) is 9.78 Å². The van der Waals surface area contributed by atoms with E-state index in [1.54, 1.807) is 36.1 Å². The zero-order valence-corrected chi connectivity index (χ0v) is 9.08. The predicted molar refractivity (Wildman–Crippen MR) is 59.2 cm³/mol. The van der Waals surface area contributed by atoms with Gasteiger partial charge >= 0.3 is 0 Å². The Kier molecular flexibility index (Phi) is 2.76. The van der Waals surface area contributed by atoms with Crippen molar-refractivity contribution >= 4 is 0 Å². The van der Waals surface area contributed by atoms with Crippen LogP contribution in [-0.2, 0) is 7.05 Å². The van der Waals surface area contributed by atoms with E-state index in [-0.39, 0.29) is 0 Å². The van der Waals surface area contributed by atoms with Crippen LogP contribution in [0.1, 0.15) is 11.1 Å². The number of aromatic nitrogens is 2. The number of nitrogens with zero attached hydrogens (tertiary/aromatic N) is 4. The van der Waals surface area contributed by atoms with Gasteiger partial charge in [-0.1, -0.05) is 0 Å². The fraction of sp³-hybridized carbons (Fsp3) is 0.0833. The molecule has 0 saturated carbocycles. The summed E-state index contributed by atoms with van der Waals surface area (Å²) in [5.74, 6) is 0.853. The minimum Gasteiger partial charge on any atom is -0.437 e. The molecule has 0 aliphatic rings. The van der Waals surface area contributed by atoms with Gasteiger partial charge in [-0.25, -0.2) is 0 Å². The van der Waals surface area contributed by atoms with Crippen LogP contribution in [0.2, 0.25) is 0 Å². The maximum absolute atomic E-state index is 8.82. The van der Waals surface area contributed by atoms with E-state index in [2.05, 4.69) is 5.10 Å². The zero-order valence-electron chi connectivity index (χ0n) is 9.08. The molecule has 0 radical (unpaired) electrons. The first-order valence-electron chi connectivity index (χ1n) is 4.84. The summed E-state index contributed by atoms with van der Waals surface area (Å²) in [6.07, 6.45) is 1.74.